The van der Waals surface area contributed by atoms with Gasteiger partial charge in [0.15, 0.2) is 0 Å². The summed E-state index contributed by atoms with van der Waals surface area (Å²) in [4.78, 5) is 4.38. The number of rotatable bonds is 5. The Kier molecular flexibility index (Phi) is 4.76. The fourth-order valence-electron chi connectivity index (χ4n) is 1.69. The van der Waals surface area contributed by atoms with Gasteiger partial charge in [0, 0.05) is 18.8 Å². The predicted octanol–water partition coefficient (Wildman–Crippen LogP) is 2.91. The molecule has 0 fully saturated rings. The molecule has 0 saturated heterocycles. The van der Waals surface area contributed by atoms with Crippen LogP contribution in [-0.2, 0) is 6.54 Å². The van der Waals surface area contributed by atoms with Crippen LogP contribution in [0.5, 0.6) is 0 Å². The Hall–Kier alpha value is -0.890. The van der Waals surface area contributed by atoms with Crippen molar-refractivity contribution < 1.29 is 0 Å². The maximum Gasteiger partial charge on any atom is 0.0541 e. The van der Waals surface area contributed by atoms with Crippen LogP contribution in [0.25, 0.3) is 0 Å². The highest BCUT2D eigenvalue weighted by molar-refractivity contribution is 5.12. The number of nitrogens with one attached hydrogen (secondary N) is 1. The molecule has 0 bridgehead atoms. The van der Waals surface area contributed by atoms with Crippen LogP contribution in [0.3, 0.4) is 0 Å². The van der Waals surface area contributed by atoms with Gasteiger partial charge in [-0.15, -0.1) is 0 Å². The van der Waals surface area contributed by atoms with Gasteiger partial charge >= 0.3 is 0 Å². The molecule has 2 heteroatoms. The Labute approximate surface area is 93.1 Å². The molecule has 1 rings (SSSR count). The van der Waals surface area contributed by atoms with Crippen LogP contribution in [0.15, 0.2) is 18.3 Å². The normalized spacial score (nSPS) is 13.1. The summed E-state index contributed by atoms with van der Waals surface area (Å²) in [5, 5.41) is 3.54. The minimum atomic E-state index is 0.591. The summed E-state index contributed by atoms with van der Waals surface area (Å²) in [5.41, 5.74) is 2.34. The lowest BCUT2D eigenvalue weighted by Gasteiger charge is -2.20. The Morgan fingerprint density at radius 2 is 2.07 bits per heavy atom. The lowest BCUT2D eigenvalue weighted by atomic mass is 10.0. The molecular weight excluding hydrogens is 184 g/mol. The molecule has 0 saturated carbocycles. The van der Waals surface area contributed by atoms with Crippen LogP contribution in [0, 0.1) is 12.8 Å². The molecule has 0 amide bonds. The van der Waals surface area contributed by atoms with Gasteiger partial charge in [0.25, 0.3) is 0 Å². The number of hydrogen-bond donors (Lipinski definition) is 1. The molecule has 0 spiro atoms. The molecule has 0 radical (unpaired) electrons. The highest BCUT2D eigenvalue weighted by Crippen LogP contribution is 2.06. The van der Waals surface area contributed by atoms with Crippen molar-refractivity contribution in [2.24, 2.45) is 5.92 Å². The maximum absolute atomic E-state index is 4.38. The van der Waals surface area contributed by atoms with Gasteiger partial charge in [0.2, 0.25) is 0 Å². The third kappa shape index (κ3) is 4.00. The standard InChI is InChI=1S/C13H22N2/c1-5-13(10(2)3)15-9-12-7-6-11(4)8-14-12/h6-8,10,13,15H,5,9H2,1-4H3. The van der Waals surface area contributed by atoms with Gasteiger partial charge in [-0.25, -0.2) is 0 Å². The molecule has 0 aliphatic heterocycles. The molecule has 1 aromatic heterocycles. The van der Waals surface area contributed by atoms with Gasteiger partial charge in [-0.05, 0) is 30.9 Å². The van der Waals surface area contributed by atoms with Crippen molar-refractivity contribution in [2.45, 2.75) is 46.7 Å². The quantitative estimate of drug-likeness (QED) is 0.801. The summed E-state index contributed by atoms with van der Waals surface area (Å²) < 4.78 is 0. The second kappa shape index (κ2) is 5.86. The smallest absolute Gasteiger partial charge is 0.0541 e. The van der Waals surface area contributed by atoms with Crippen LogP contribution in [0.1, 0.15) is 38.4 Å². The van der Waals surface area contributed by atoms with E-state index in [0.29, 0.717) is 12.0 Å². The molecule has 1 heterocycles. The Morgan fingerprint density at radius 3 is 2.53 bits per heavy atom. The van der Waals surface area contributed by atoms with Gasteiger partial charge in [0.05, 0.1) is 5.69 Å². The van der Waals surface area contributed by atoms with Crippen molar-refractivity contribution in [3.8, 4) is 0 Å². The molecule has 0 aliphatic carbocycles. The summed E-state index contributed by atoms with van der Waals surface area (Å²) in [6.45, 7) is 9.66. The largest absolute Gasteiger partial charge is 0.308 e. The first-order valence-electron chi connectivity index (χ1n) is 5.78. The first-order chi connectivity index (χ1) is 7.13. The van der Waals surface area contributed by atoms with E-state index in [9.17, 15) is 0 Å². The minimum Gasteiger partial charge on any atom is -0.308 e. The number of hydrogen-bond acceptors (Lipinski definition) is 2. The van der Waals surface area contributed by atoms with Gasteiger partial charge in [-0.1, -0.05) is 26.8 Å². The lowest BCUT2D eigenvalue weighted by molar-refractivity contribution is 0.385. The van der Waals surface area contributed by atoms with Crippen LogP contribution in [-0.4, -0.2) is 11.0 Å². The molecule has 1 aromatic rings. The third-order valence-electron chi connectivity index (χ3n) is 2.76. The van der Waals surface area contributed by atoms with Gasteiger partial charge < -0.3 is 5.32 Å². The lowest BCUT2D eigenvalue weighted by Crippen LogP contribution is -2.32. The van der Waals surface area contributed by atoms with Crippen LogP contribution >= 0.6 is 0 Å². The molecule has 0 aromatic carbocycles. The number of nitrogens with zero attached hydrogens (tertiary/aromatic N) is 1. The molecule has 15 heavy (non-hydrogen) atoms. The molecule has 1 N–H and O–H groups in total. The van der Waals surface area contributed by atoms with E-state index in [0.717, 1.165) is 12.2 Å². The molecule has 1 unspecified atom stereocenters. The Morgan fingerprint density at radius 1 is 1.33 bits per heavy atom. The summed E-state index contributed by atoms with van der Waals surface area (Å²) in [7, 11) is 0. The van der Waals surface area contributed by atoms with Crippen molar-refractivity contribution in [3.05, 3.63) is 29.6 Å². The van der Waals surface area contributed by atoms with Gasteiger partial charge in [0.1, 0.15) is 0 Å². The number of pyridine rings is 1. The Balaban J connectivity index is 2.45. The van der Waals surface area contributed by atoms with E-state index in [2.05, 4.69) is 50.1 Å². The summed E-state index contributed by atoms with van der Waals surface area (Å²) in [6, 6.07) is 4.79. The highest BCUT2D eigenvalue weighted by atomic mass is 14.9. The first kappa shape index (κ1) is 12.2. The summed E-state index contributed by atoms with van der Waals surface area (Å²) in [5.74, 6) is 0.681. The maximum atomic E-state index is 4.38. The minimum absolute atomic E-state index is 0.591. The average molecular weight is 206 g/mol. The first-order valence-corrected chi connectivity index (χ1v) is 5.78. The highest BCUT2D eigenvalue weighted by Gasteiger charge is 2.09. The predicted molar refractivity (Wildman–Crippen MR) is 64.7 cm³/mol. The van der Waals surface area contributed by atoms with Crippen molar-refractivity contribution >= 4 is 0 Å². The zero-order valence-electron chi connectivity index (χ0n) is 10.2. The van der Waals surface area contributed by atoms with E-state index >= 15 is 0 Å². The van der Waals surface area contributed by atoms with Crippen molar-refractivity contribution in [3.63, 3.8) is 0 Å². The van der Waals surface area contributed by atoms with E-state index in [1.54, 1.807) is 0 Å². The molecule has 84 valence electrons. The Bertz CT molecular complexity index is 277. The van der Waals surface area contributed by atoms with E-state index < -0.39 is 0 Å². The van der Waals surface area contributed by atoms with Crippen molar-refractivity contribution in [2.75, 3.05) is 0 Å². The second-order valence-corrected chi connectivity index (χ2v) is 4.47. The third-order valence-corrected chi connectivity index (χ3v) is 2.76. The molecule has 2 nitrogen and oxygen atoms in total. The summed E-state index contributed by atoms with van der Waals surface area (Å²) >= 11 is 0. The van der Waals surface area contributed by atoms with Crippen molar-refractivity contribution in [1.82, 2.24) is 10.3 Å². The van der Waals surface area contributed by atoms with E-state index in [1.165, 1.54) is 12.0 Å². The topological polar surface area (TPSA) is 24.9 Å². The number of aromatic nitrogens is 1. The van der Waals surface area contributed by atoms with E-state index in [1.807, 2.05) is 6.20 Å². The van der Waals surface area contributed by atoms with Crippen LogP contribution < -0.4 is 5.32 Å². The summed E-state index contributed by atoms with van der Waals surface area (Å²) in [6.07, 6.45) is 3.09. The van der Waals surface area contributed by atoms with Gasteiger partial charge in [-0.2, -0.15) is 0 Å². The average Bonchev–Trinajstić information content (AvgIpc) is 2.21. The SMILES string of the molecule is CCC(NCc1ccc(C)cn1)C(C)C. The fourth-order valence-corrected chi connectivity index (χ4v) is 1.69. The van der Waals surface area contributed by atoms with Crippen LogP contribution in [0.2, 0.25) is 0 Å². The molecule has 1 atom stereocenters. The molecular formula is C13H22N2. The fraction of sp³-hybridized carbons (Fsp3) is 0.615. The molecule has 0 aliphatic rings. The van der Waals surface area contributed by atoms with E-state index in [4.69, 9.17) is 0 Å². The number of aryl methyl sites for hydroxylation is 1. The monoisotopic (exact) mass is 206 g/mol. The zero-order valence-corrected chi connectivity index (χ0v) is 10.2. The second-order valence-electron chi connectivity index (χ2n) is 4.47. The van der Waals surface area contributed by atoms with E-state index in [-0.39, 0.29) is 0 Å². The zero-order chi connectivity index (χ0) is 11.3. The van der Waals surface area contributed by atoms with Gasteiger partial charge in [-0.3, -0.25) is 4.98 Å². The van der Waals surface area contributed by atoms with Crippen LogP contribution in [0.4, 0.5) is 0 Å². The van der Waals surface area contributed by atoms with Crippen molar-refractivity contribution in [1.29, 1.82) is 0 Å².